The van der Waals surface area contributed by atoms with Crippen molar-refractivity contribution in [3.63, 3.8) is 0 Å². The molecule has 0 saturated heterocycles. The van der Waals surface area contributed by atoms with Gasteiger partial charge in [0, 0.05) is 47.3 Å². The molecule has 13 nitrogen and oxygen atoms in total. The zero-order valence-corrected chi connectivity index (χ0v) is 34.4. The molecule has 2 aromatic rings. The number of nitrogens with one attached hydrogen (secondary N) is 1. The molecule has 8 atom stereocenters. The van der Waals surface area contributed by atoms with Crippen LogP contribution in [0.1, 0.15) is 74.2 Å². The number of allylic oxidation sites excluding steroid dienone is 2. The van der Waals surface area contributed by atoms with Gasteiger partial charge in [0.15, 0.2) is 11.3 Å². The average molecular weight is 787 g/mol. The number of methoxy groups -OCH3 is 1. The number of aliphatic hydroxyl groups is 3. The van der Waals surface area contributed by atoms with Crippen molar-refractivity contribution in [1.82, 2.24) is 4.98 Å². The number of carbonyl (C=O) groups excluding carboxylic acids is 2. The van der Waals surface area contributed by atoms with Crippen molar-refractivity contribution in [2.24, 2.45) is 23.7 Å². The number of anilines is 1. The number of nitrogens with zero attached hydrogens (tertiary/aromatic N) is 1. The summed E-state index contributed by atoms with van der Waals surface area (Å²) in [6.45, 7) is 17.3. The lowest BCUT2D eigenvalue weighted by Gasteiger charge is -2.36. The molecule has 0 spiro atoms. The van der Waals surface area contributed by atoms with E-state index in [2.05, 4.69) is 5.32 Å². The highest BCUT2D eigenvalue weighted by Crippen LogP contribution is 2.46. The average Bonchev–Trinajstić information content (AvgIpc) is 3.19. The van der Waals surface area contributed by atoms with E-state index in [0.717, 1.165) is 23.0 Å². The highest BCUT2D eigenvalue weighted by Gasteiger charge is 2.37. The first-order valence-corrected chi connectivity index (χ1v) is 19.2. The van der Waals surface area contributed by atoms with Crippen LogP contribution in [0.2, 0.25) is 0 Å². The Balaban J connectivity index is 1.87. The number of aliphatic hydroxyl groups excluding tert-OH is 3. The van der Waals surface area contributed by atoms with Gasteiger partial charge in [-0.3, -0.25) is 9.59 Å². The summed E-state index contributed by atoms with van der Waals surface area (Å²) in [7, 11) is 1.43. The summed E-state index contributed by atoms with van der Waals surface area (Å²) < 4.78 is 23.8. The number of hydrogen-bond donors (Lipinski definition) is 5. The Morgan fingerprint density at radius 3 is 2.16 bits per heavy atom. The van der Waals surface area contributed by atoms with E-state index in [4.69, 9.17) is 23.6 Å². The van der Waals surface area contributed by atoms with Gasteiger partial charge in [0.05, 0.1) is 42.7 Å². The van der Waals surface area contributed by atoms with Gasteiger partial charge < -0.3 is 44.4 Å². The molecule has 3 aliphatic rings. The lowest BCUT2D eigenvalue weighted by molar-refractivity contribution is -0.112. The van der Waals surface area contributed by atoms with Crippen LogP contribution in [0.4, 0.5) is 5.69 Å². The van der Waals surface area contributed by atoms with E-state index in [1.54, 1.807) is 53.7 Å². The zero-order valence-electron chi connectivity index (χ0n) is 34.4. The predicted octanol–water partition coefficient (Wildman–Crippen LogP) is 6.55. The third-order valence-electron chi connectivity index (χ3n) is 11.5. The van der Waals surface area contributed by atoms with E-state index >= 15 is 0 Å². The molecule has 306 valence electrons. The minimum absolute atomic E-state index is 0.0122. The standard InChI is InChI=1S/C44H54N2O11/c1-12-55-40-27(10)38(50)30-29-31(40)44(53)56-17-16-28(54-11)24(7)36(48)26(9)37(49)25(8)35(47)19(2)14-13-15-20(3)43(52)46-34(39(30)51)42-33(29)45-32-22(5)18-21(4)23(6)41(32)57-42/h13-19,24-26,28,35-37,47-50H,12H2,1-11H3,(H,46,52)/b14-13+,17-16+,20-15-/t19-,24+,25+,26-,28-,35-,36+,37+/m0/s1. The normalized spacial score (nSPS) is 27.6. The van der Waals surface area contributed by atoms with Crippen LogP contribution in [0.5, 0.6) is 11.5 Å². The van der Waals surface area contributed by atoms with Crippen LogP contribution in [0.15, 0.2) is 51.4 Å². The van der Waals surface area contributed by atoms with Gasteiger partial charge in [0.1, 0.15) is 34.0 Å². The number of amides is 1. The highest BCUT2D eigenvalue weighted by atomic mass is 16.5. The molecule has 1 aliphatic carbocycles. The van der Waals surface area contributed by atoms with Crippen molar-refractivity contribution in [3.05, 3.63) is 80.2 Å². The second kappa shape index (κ2) is 17.2. The van der Waals surface area contributed by atoms with Gasteiger partial charge in [-0.15, -0.1) is 0 Å². The summed E-state index contributed by atoms with van der Waals surface area (Å²) in [5.41, 5.74) is 2.06. The molecular formula is C44H54N2O11. The summed E-state index contributed by atoms with van der Waals surface area (Å²) >= 11 is 0. The Hall–Kier alpha value is -5.08. The molecule has 2 aromatic carbocycles. The molecule has 5 rings (SSSR count). The Kier molecular flexibility index (Phi) is 13.0. The van der Waals surface area contributed by atoms with E-state index in [0.29, 0.717) is 11.1 Å². The van der Waals surface area contributed by atoms with Gasteiger partial charge in [-0.05, 0) is 64.3 Å². The predicted molar refractivity (Wildman–Crippen MR) is 218 cm³/mol. The fourth-order valence-corrected chi connectivity index (χ4v) is 7.63. The SMILES string of the molecule is CCOc1c(C)c(O)c2c(=O)c3c4oc5c(C)c(C)cc(C)c5nc-4c2c1C(=O)O/C=C/[C@H](OC)[C@@H](C)[C@@H](O)[C@H](C)[C@H](O)[C@H](C)[C@@H](O)[C@@H](C)/C=C/C=C(/C)C(=O)N3. The minimum Gasteiger partial charge on any atom is -0.507 e. The molecule has 13 heteroatoms. The minimum atomic E-state index is -1.11. The molecule has 2 heterocycles. The molecule has 0 radical (unpaired) electrons. The number of aryl methyl sites for hydroxylation is 3. The zero-order chi connectivity index (χ0) is 42.2. The van der Waals surface area contributed by atoms with Gasteiger partial charge in [-0.1, -0.05) is 52.0 Å². The van der Waals surface area contributed by atoms with Gasteiger partial charge in [-0.25, -0.2) is 9.78 Å². The second-order valence-corrected chi connectivity index (χ2v) is 15.3. The number of carbonyl (C=O) groups is 2. The van der Waals surface area contributed by atoms with Gasteiger partial charge in [-0.2, -0.15) is 0 Å². The molecule has 0 saturated carbocycles. The lowest BCUT2D eigenvalue weighted by atomic mass is 9.78. The Morgan fingerprint density at radius 1 is 0.860 bits per heavy atom. The van der Waals surface area contributed by atoms with E-state index in [1.165, 1.54) is 26.2 Å². The molecule has 1 amide bonds. The van der Waals surface area contributed by atoms with Crippen LogP contribution in [0, 0.1) is 51.4 Å². The van der Waals surface area contributed by atoms with E-state index in [9.17, 15) is 34.8 Å². The molecule has 0 fully saturated rings. The van der Waals surface area contributed by atoms with Crippen LogP contribution in [-0.4, -0.2) is 75.4 Å². The summed E-state index contributed by atoms with van der Waals surface area (Å²) in [6.07, 6.45) is 3.31. The number of esters is 1. The Bertz CT molecular complexity index is 2320. The van der Waals surface area contributed by atoms with Crippen molar-refractivity contribution in [2.75, 3.05) is 19.0 Å². The first-order chi connectivity index (χ1) is 26.9. The number of aromatic hydroxyl groups is 1. The molecule has 57 heavy (non-hydrogen) atoms. The number of phenolic OH excluding ortho intramolecular Hbond substituents is 1. The van der Waals surface area contributed by atoms with Gasteiger partial charge in [0.2, 0.25) is 5.43 Å². The summed E-state index contributed by atoms with van der Waals surface area (Å²) in [5, 5.41) is 47.8. The third kappa shape index (κ3) is 7.94. The monoisotopic (exact) mass is 786 g/mol. The molecular weight excluding hydrogens is 732 g/mol. The first kappa shape index (κ1) is 43.1. The van der Waals surface area contributed by atoms with Crippen molar-refractivity contribution >= 4 is 39.4 Å². The Labute approximate surface area is 332 Å². The molecule has 2 aliphatic heterocycles. The highest BCUT2D eigenvalue weighted by molar-refractivity contribution is 6.18. The molecule has 5 N–H and O–H groups in total. The van der Waals surface area contributed by atoms with Crippen LogP contribution in [-0.2, 0) is 14.3 Å². The summed E-state index contributed by atoms with van der Waals surface area (Å²) in [5.74, 6) is -4.76. The summed E-state index contributed by atoms with van der Waals surface area (Å²) in [6, 6.07) is 1.93. The maximum absolute atomic E-state index is 14.7. The smallest absolute Gasteiger partial charge is 0.347 e. The fraction of sp³-hybridized carbons (Fsp3) is 0.455. The van der Waals surface area contributed by atoms with Crippen LogP contribution < -0.4 is 15.5 Å². The Morgan fingerprint density at radius 2 is 1.51 bits per heavy atom. The number of benzene rings is 3. The van der Waals surface area contributed by atoms with E-state index in [-0.39, 0.29) is 57.0 Å². The maximum atomic E-state index is 14.7. The van der Waals surface area contributed by atoms with Crippen molar-refractivity contribution in [2.45, 2.75) is 93.7 Å². The number of hydrogen-bond acceptors (Lipinski definition) is 12. The quantitative estimate of drug-likeness (QED) is 0.0854. The molecule has 0 aromatic heterocycles. The number of phenols is 1. The van der Waals surface area contributed by atoms with Gasteiger partial charge in [0.25, 0.3) is 5.91 Å². The number of fused-ring (bicyclic) bond motifs is 1. The number of aromatic nitrogens is 1. The van der Waals surface area contributed by atoms with Crippen molar-refractivity contribution in [3.8, 4) is 23.0 Å². The topological polar surface area (TPSA) is 198 Å². The van der Waals surface area contributed by atoms with E-state index < -0.39 is 71.1 Å². The number of cyclic esters (lactones) is 1. The van der Waals surface area contributed by atoms with Crippen molar-refractivity contribution in [1.29, 1.82) is 0 Å². The van der Waals surface area contributed by atoms with Crippen molar-refractivity contribution < 1.29 is 48.6 Å². The first-order valence-electron chi connectivity index (χ1n) is 19.2. The second-order valence-electron chi connectivity index (χ2n) is 15.3. The van der Waals surface area contributed by atoms with E-state index in [1.807, 2.05) is 26.8 Å². The number of rotatable bonds is 3. The molecule has 2 bridgehead atoms. The van der Waals surface area contributed by atoms with Crippen LogP contribution in [0.3, 0.4) is 0 Å². The summed E-state index contributed by atoms with van der Waals surface area (Å²) in [4.78, 5) is 47.8. The number of ether oxygens (including phenoxy) is 3. The molecule has 0 unspecified atom stereocenters. The van der Waals surface area contributed by atoms with Crippen LogP contribution >= 0.6 is 0 Å². The maximum Gasteiger partial charge on any atom is 0.347 e. The fourth-order valence-electron chi connectivity index (χ4n) is 7.63. The van der Waals surface area contributed by atoms with Crippen LogP contribution in [0.25, 0.3) is 33.3 Å². The van der Waals surface area contributed by atoms with Gasteiger partial charge >= 0.3 is 5.97 Å². The third-order valence-corrected chi connectivity index (χ3v) is 11.5. The largest absolute Gasteiger partial charge is 0.507 e. The lowest BCUT2D eigenvalue weighted by Crippen LogP contribution is -2.44.